The van der Waals surface area contributed by atoms with Gasteiger partial charge in [-0.1, -0.05) is 31.5 Å². The number of phenolic OH excluding ortho intramolecular Hbond substituents is 1. The summed E-state index contributed by atoms with van der Waals surface area (Å²) in [6.07, 6.45) is 4.16. The molecule has 152 valence electrons. The fourth-order valence-electron chi connectivity index (χ4n) is 3.46. The predicted molar refractivity (Wildman–Crippen MR) is 109 cm³/mol. The highest BCUT2D eigenvalue weighted by Crippen LogP contribution is 2.30. The number of aromatic nitrogens is 5. The molecule has 2 atom stereocenters. The van der Waals surface area contributed by atoms with Crippen LogP contribution in [0.5, 0.6) is 5.75 Å². The first-order chi connectivity index (χ1) is 14.1. The predicted octanol–water partition coefficient (Wildman–Crippen LogP) is 3.24. The average Bonchev–Trinajstić information content (AvgIpc) is 3.25. The van der Waals surface area contributed by atoms with Crippen LogP contribution in [0.25, 0.3) is 0 Å². The van der Waals surface area contributed by atoms with Crippen molar-refractivity contribution in [1.82, 2.24) is 25.6 Å². The maximum absolute atomic E-state index is 12.2. The van der Waals surface area contributed by atoms with E-state index >= 15 is 0 Å². The number of Topliss-reactive ketones (excluding diaryl/α,β-unsaturated/α-hetero) is 1. The van der Waals surface area contributed by atoms with Crippen LogP contribution in [0.15, 0.2) is 42.6 Å². The average molecular weight is 394 g/mol. The van der Waals surface area contributed by atoms with Crippen LogP contribution in [0.1, 0.15) is 49.6 Å². The molecular formula is C21H26N6O2. The van der Waals surface area contributed by atoms with Crippen LogP contribution < -0.4 is 5.32 Å². The molecule has 0 unspecified atom stereocenters. The minimum absolute atomic E-state index is 0.111. The van der Waals surface area contributed by atoms with E-state index < -0.39 is 0 Å². The summed E-state index contributed by atoms with van der Waals surface area (Å²) in [4.78, 5) is 16.7. The monoisotopic (exact) mass is 394 g/mol. The number of benzene rings is 1. The second kappa shape index (κ2) is 9.77. The van der Waals surface area contributed by atoms with Crippen LogP contribution in [-0.2, 0) is 17.8 Å². The van der Waals surface area contributed by atoms with E-state index in [2.05, 4.69) is 37.8 Å². The highest BCUT2D eigenvalue weighted by Gasteiger charge is 2.29. The van der Waals surface area contributed by atoms with Crippen LogP contribution in [0.2, 0.25) is 0 Å². The number of hydrogen-bond acceptors (Lipinski definition) is 7. The molecule has 3 rings (SSSR count). The summed E-state index contributed by atoms with van der Waals surface area (Å²) in [5.74, 6) is 1.54. The number of carbonyl (C=O) groups is 1. The molecular weight excluding hydrogens is 368 g/mol. The van der Waals surface area contributed by atoms with Crippen molar-refractivity contribution in [1.29, 1.82) is 0 Å². The van der Waals surface area contributed by atoms with Crippen molar-refractivity contribution >= 4 is 11.6 Å². The lowest BCUT2D eigenvalue weighted by Crippen LogP contribution is -2.23. The van der Waals surface area contributed by atoms with Gasteiger partial charge in [0.1, 0.15) is 17.4 Å². The number of anilines is 1. The van der Waals surface area contributed by atoms with Gasteiger partial charge >= 0.3 is 0 Å². The van der Waals surface area contributed by atoms with Gasteiger partial charge in [0, 0.05) is 24.6 Å². The van der Waals surface area contributed by atoms with Crippen molar-refractivity contribution in [2.45, 2.75) is 45.6 Å². The molecule has 3 N–H and O–H groups in total. The number of carbonyl (C=O) groups excluding carboxylic acids is 1. The maximum atomic E-state index is 12.2. The van der Waals surface area contributed by atoms with Crippen molar-refractivity contribution in [3.05, 3.63) is 59.5 Å². The Morgan fingerprint density at radius 1 is 1.17 bits per heavy atom. The first-order valence-corrected chi connectivity index (χ1v) is 9.77. The fourth-order valence-corrected chi connectivity index (χ4v) is 3.46. The smallest absolute Gasteiger partial charge is 0.152 e. The van der Waals surface area contributed by atoms with Crippen molar-refractivity contribution in [2.24, 2.45) is 5.92 Å². The Hall–Kier alpha value is -3.29. The molecule has 0 radical (unpaired) electrons. The second-order valence-corrected chi connectivity index (χ2v) is 7.17. The van der Waals surface area contributed by atoms with Crippen LogP contribution in [0.3, 0.4) is 0 Å². The van der Waals surface area contributed by atoms with Gasteiger partial charge in [0.15, 0.2) is 5.82 Å². The standard InChI is InChI=1S/C21H26N6O2/c1-3-4-18(14(2)28)19(21-24-26-27-25-21)11-16-7-10-20(23-13-16)22-12-15-5-8-17(29)9-6-15/h5-10,13,18-19,29H,3-4,11-12H2,1-2H3,(H,22,23)(H,24,25,26,27)/t18-,19+/m1/s1. The van der Waals surface area contributed by atoms with Crippen molar-refractivity contribution in [3.63, 3.8) is 0 Å². The summed E-state index contributed by atoms with van der Waals surface area (Å²) in [6, 6.07) is 11.0. The van der Waals surface area contributed by atoms with Gasteiger partial charge in [0.05, 0.1) is 0 Å². The van der Waals surface area contributed by atoms with Gasteiger partial charge in [-0.3, -0.25) is 4.79 Å². The van der Waals surface area contributed by atoms with Crippen molar-refractivity contribution < 1.29 is 9.90 Å². The number of nitrogens with zero attached hydrogens (tertiary/aromatic N) is 4. The number of hydrogen-bond donors (Lipinski definition) is 3. The topological polar surface area (TPSA) is 117 Å². The quantitative estimate of drug-likeness (QED) is 0.483. The van der Waals surface area contributed by atoms with E-state index in [1.54, 1.807) is 19.1 Å². The van der Waals surface area contributed by atoms with Gasteiger partial charge in [0.25, 0.3) is 0 Å². The Morgan fingerprint density at radius 2 is 1.93 bits per heavy atom. The molecule has 0 aliphatic carbocycles. The highest BCUT2D eigenvalue weighted by atomic mass is 16.3. The minimum atomic E-state index is -0.137. The Kier molecular flexibility index (Phi) is 6.89. The van der Waals surface area contributed by atoms with Gasteiger partial charge in [-0.15, -0.1) is 5.10 Å². The number of H-pyrrole nitrogens is 1. The van der Waals surface area contributed by atoms with Crippen LogP contribution in [0.4, 0.5) is 5.82 Å². The Balaban J connectivity index is 1.68. The van der Waals surface area contributed by atoms with E-state index in [1.807, 2.05) is 30.5 Å². The number of nitrogens with one attached hydrogen (secondary N) is 2. The van der Waals surface area contributed by atoms with Gasteiger partial charge in [0.2, 0.25) is 0 Å². The van der Waals surface area contributed by atoms with E-state index in [-0.39, 0.29) is 23.4 Å². The summed E-state index contributed by atoms with van der Waals surface area (Å²) in [5, 5.41) is 26.9. The number of tetrazole rings is 1. The molecule has 8 heteroatoms. The molecule has 0 spiro atoms. The Bertz CT molecular complexity index is 894. The molecule has 0 fully saturated rings. The SMILES string of the molecule is CCC[C@H](C(C)=O)[C@H](Cc1ccc(NCc2ccc(O)cc2)nc1)c1nnn[nH]1. The van der Waals surface area contributed by atoms with Crippen LogP contribution >= 0.6 is 0 Å². The van der Waals surface area contributed by atoms with Gasteiger partial charge < -0.3 is 10.4 Å². The first kappa shape index (κ1) is 20.4. The molecule has 2 heterocycles. The van der Waals surface area contributed by atoms with Gasteiger partial charge in [-0.2, -0.15) is 0 Å². The molecule has 0 saturated carbocycles. The van der Waals surface area contributed by atoms with Gasteiger partial charge in [-0.05, 0) is 59.5 Å². The van der Waals surface area contributed by atoms with E-state index in [1.165, 1.54) is 0 Å². The zero-order valence-electron chi connectivity index (χ0n) is 16.7. The molecule has 0 saturated heterocycles. The summed E-state index contributed by atoms with van der Waals surface area (Å²) >= 11 is 0. The highest BCUT2D eigenvalue weighted by molar-refractivity contribution is 5.79. The third kappa shape index (κ3) is 5.60. The summed E-state index contributed by atoms with van der Waals surface area (Å²) < 4.78 is 0. The first-order valence-electron chi connectivity index (χ1n) is 9.77. The van der Waals surface area contributed by atoms with E-state index in [4.69, 9.17) is 0 Å². The maximum Gasteiger partial charge on any atom is 0.152 e. The molecule has 0 aliphatic heterocycles. The molecule has 2 aromatic heterocycles. The minimum Gasteiger partial charge on any atom is -0.508 e. The molecule has 0 aliphatic rings. The third-order valence-corrected chi connectivity index (χ3v) is 5.01. The van der Waals surface area contributed by atoms with Crippen LogP contribution in [-0.4, -0.2) is 36.5 Å². The summed E-state index contributed by atoms with van der Waals surface area (Å²) in [6.45, 7) is 4.31. The molecule has 0 amide bonds. The van der Waals surface area contributed by atoms with E-state index in [0.717, 1.165) is 29.8 Å². The van der Waals surface area contributed by atoms with Gasteiger partial charge in [-0.25, -0.2) is 10.1 Å². The number of ketones is 1. The zero-order valence-corrected chi connectivity index (χ0v) is 16.7. The molecule has 0 bridgehead atoms. The zero-order chi connectivity index (χ0) is 20.6. The second-order valence-electron chi connectivity index (χ2n) is 7.17. The number of phenols is 1. The normalized spacial score (nSPS) is 13.0. The molecule has 3 aromatic rings. The Labute approximate surface area is 169 Å². The number of rotatable bonds is 10. The molecule has 8 nitrogen and oxygen atoms in total. The largest absolute Gasteiger partial charge is 0.508 e. The molecule has 1 aromatic carbocycles. The lowest BCUT2D eigenvalue weighted by Gasteiger charge is -2.22. The Morgan fingerprint density at radius 3 is 2.52 bits per heavy atom. The number of aromatic hydroxyl groups is 1. The van der Waals surface area contributed by atoms with Crippen molar-refractivity contribution in [3.8, 4) is 5.75 Å². The fraction of sp³-hybridized carbons (Fsp3) is 0.381. The van der Waals surface area contributed by atoms with E-state index in [0.29, 0.717) is 18.8 Å². The number of aromatic amines is 1. The van der Waals surface area contributed by atoms with Crippen LogP contribution in [0, 0.1) is 5.92 Å². The molecule has 29 heavy (non-hydrogen) atoms. The summed E-state index contributed by atoms with van der Waals surface area (Å²) in [5.41, 5.74) is 2.07. The third-order valence-electron chi connectivity index (χ3n) is 5.01. The van der Waals surface area contributed by atoms with Crippen molar-refractivity contribution in [2.75, 3.05) is 5.32 Å². The number of pyridine rings is 1. The van der Waals surface area contributed by atoms with E-state index in [9.17, 15) is 9.90 Å². The summed E-state index contributed by atoms with van der Waals surface area (Å²) in [7, 11) is 0. The lowest BCUT2D eigenvalue weighted by atomic mass is 9.81. The lowest BCUT2D eigenvalue weighted by molar-refractivity contribution is -0.121.